The van der Waals surface area contributed by atoms with Gasteiger partial charge in [-0.15, -0.1) is 0 Å². The molecule has 5 fully saturated rings. The van der Waals surface area contributed by atoms with E-state index in [4.69, 9.17) is 0 Å². The lowest BCUT2D eigenvalue weighted by atomic mass is 9.61. The van der Waals surface area contributed by atoms with Crippen molar-refractivity contribution < 1.29 is 19.2 Å². The van der Waals surface area contributed by atoms with E-state index < -0.39 is 44.5 Å². The first kappa shape index (κ1) is 100. The summed E-state index contributed by atoms with van der Waals surface area (Å²) in [5.41, 5.74) is -3.29. The lowest BCUT2D eigenvalue weighted by Gasteiger charge is -2.44. The summed E-state index contributed by atoms with van der Waals surface area (Å²) >= 11 is 0. The van der Waals surface area contributed by atoms with Gasteiger partial charge in [0.25, 0.3) is 68.1 Å². The van der Waals surface area contributed by atoms with Crippen LogP contribution >= 0.6 is 0 Å². The third-order valence-corrected chi connectivity index (χ3v) is 34.2. The van der Waals surface area contributed by atoms with Gasteiger partial charge in [0.2, 0.25) is 0 Å². The maximum Gasteiger partial charge on any atom is 0.261 e. The second kappa shape index (κ2) is 50.9. The lowest BCUT2D eigenvalue weighted by Crippen LogP contribution is -2.35. The quantitative estimate of drug-likeness (QED) is 0.0256. The van der Waals surface area contributed by atoms with Crippen LogP contribution in [0.25, 0.3) is 43.1 Å². The SMILES string of the molecule is CCCCCCCCC1C(CCCCCC)CCC(CCCCCCCCn2c(=O)c3cc4c(=O)n(CC5CC6C7CC(Cn8c(=O)c9cc%10c(=O)n(CCCCCCCCC%11CCC(CCCCCC)C(CCCCCCCC)C%11CCCCCCCCN%11C(=O)C=CC%11=O)c(=O)c%10cc9c8=O)C(C7)C6C5)c(=O)c4cc3c2=O)C1CCCCCCCCN1C(=O)C=CC1=O. The van der Waals surface area contributed by atoms with E-state index in [9.17, 15) is 57.5 Å². The Morgan fingerprint density at radius 2 is 0.462 bits per heavy atom. The number of unbranched alkanes of at least 4 members (excludes halogenated alkanes) is 36. The van der Waals surface area contributed by atoms with Gasteiger partial charge in [-0.05, 0) is 210 Å². The van der Waals surface area contributed by atoms with Gasteiger partial charge >= 0.3 is 0 Å². The highest BCUT2D eigenvalue weighted by Gasteiger charge is 2.56. The molecule has 4 aromatic heterocycles. The fourth-order valence-corrected chi connectivity index (χ4v) is 27.2. The van der Waals surface area contributed by atoms with Crippen molar-refractivity contribution in [3.05, 3.63) is 131 Å². The number of carbonyl (C=O) groups is 4. The molecular weight excluding hydrogens is 1620 g/mol. The van der Waals surface area contributed by atoms with Gasteiger partial charge in [-0.1, -0.05) is 310 Å². The molecule has 130 heavy (non-hydrogen) atoms. The first-order chi connectivity index (χ1) is 63.4. The number of fused-ring (bicyclic) bond motifs is 9. The van der Waals surface area contributed by atoms with Crippen LogP contribution in [-0.4, -0.2) is 64.8 Å². The molecule has 14 atom stereocenters. The fraction of sp³-hybridized carbons (Fsp3) is 0.750. The van der Waals surface area contributed by atoms with Crippen LogP contribution < -0.4 is 44.5 Å². The predicted octanol–water partition coefficient (Wildman–Crippen LogP) is 23.9. The molecule has 6 heterocycles. The number of nitrogens with zero attached hydrogens (tertiary/aromatic N) is 6. The van der Waals surface area contributed by atoms with Gasteiger partial charge in [-0.3, -0.25) is 85.6 Å². The summed E-state index contributed by atoms with van der Waals surface area (Å²) in [7, 11) is 0. The number of rotatable bonds is 64. The minimum Gasteiger partial charge on any atom is -0.275 e. The highest BCUT2D eigenvalue weighted by Crippen LogP contribution is 2.63. The number of imide groups is 2. The van der Waals surface area contributed by atoms with Crippen LogP contribution in [0.5, 0.6) is 0 Å². The van der Waals surface area contributed by atoms with Crippen molar-refractivity contribution in [1.29, 1.82) is 0 Å². The number of amides is 4. The minimum absolute atomic E-state index is 0.0632. The number of hydrogen-bond acceptors (Lipinski definition) is 12. The van der Waals surface area contributed by atoms with Crippen molar-refractivity contribution in [3.8, 4) is 0 Å². The van der Waals surface area contributed by atoms with Crippen LogP contribution in [0.2, 0.25) is 0 Å². The molecule has 716 valence electrons. The standard InChI is InChI=1S/C112H166N6O12/c1-5-9-13-17-29-41-53-86-80(49-37-15-11-7-3)57-59-82(88(86)55-43-31-21-25-33-45-65-113-101(119)61-62-102(113)120)51-39-27-19-23-35-47-67-115-105(123)93-73-97-98(74-94(93)106(115)124)110(128)117(109(97)127)77-79-69-90-84-71-85(91(72-84)92(90)70-79)78-118-111(129)99-75-95-96(76-100(99)112(118)130)108(126)116(107(95)125)68-48-36-24-20-28-40-52-83-60-58-81(50-38-16-12-8-4)87(54-42-30-18-14-10-6-2)89(83)56-44-32-22-26-34-46-66-114-103(121)63-64-104(114)122/h61-64,73-76,79-92H,5-60,65-72,77-78H2,1-4H3. The Bertz CT molecular complexity index is 4960. The normalized spacial score (nSPS) is 23.9. The zero-order chi connectivity index (χ0) is 91.4. The largest absolute Gasteiger partial charge is 0.275 e. The van der Waals surface area contributed by atoms with Crippen LogP contribution in [0.3, 0.4) is 0 Å². The Morgan fingerprint density at radius 3 is 0.762 bits per heavy atom. The summed E-state index contributed by atoms with van der Waals surface area (Å²) in [6.45, 7) is 11.4. The lowest BCUT2D eigenvalue weighted by molar-refractivity contribution is -0.138. The van der Waals surface area contributed by atoms with E-state index in [2.05, 4.69) is 27.7 Å². The molecule has 7 aliphatic rings. The van der Waals surface area contributed by atoms with E-state index in [-0.39, 0.29) is 97.6 Å². The van der Waals surface area contributed by atoms with E-state index in [1.165, 1.54) is 346 Å². The Hall–Kier alpha value is -7.24. The third-order valence-electron chi connectivity index (χ3n) is 34.2. The molecule has 2 bridgehead atoms. The molecule has 0 N–H and O–H groups in total. The van der Waals surface area contributed by atoms with Crippen molar-refractivity contribution in [2.75, 3.05) is 13.1 Å². The number of hydrogen-bond donors (Lipinski definition) is 0. The summed E-state index contributed by atoms with van der Waals surface area (Å²) in [5, 5.41) is 1.52. The Kier molecular flexibility index (Phi) is 39.2. The maximum atomic E-state index is 14.4. The van der Waals surface area contributed by atoms with Gasteiger partial charge in [-0.25, -0.2) is 0 Å². The Morgan fingerprint density at radius 1 is 0.223 bits per heavy atom. The summed E-state index contributed by atoms with van der Waals surface area (Å²) in [6.07, 6.45) is 78.2. The van der Waals surface area contributed by atoms with E-state index in [0.29, 0.717) is 56.8 Å². The topological polar surface area (TPSA) is 231 Å². The number of carbonyl (C=O) groups excluding carboxylic acids is 4. The van der Waals surface area contributed by atoms with Gasteiger partial charge in [0, 0.05) is 63.6 Å². The molecule has 0 saturated heterocycles. The Balaban J connectivity index is 0.549. The molecule has 0 radical (unpaired) electrons. The van der Waals surface area contributed by atoms with Crippen LogP contribution in [0.4, 0.5) is 0 Å². The average molecular weight is 1790 g/mol. The monoisotopic (exact) mass is 1790 g/mol. The zero-order valence-corrected chi connectivity index (χ0v) is 81.0. The molecule has 6 aromatic rings. The average Bonchev–Trinajstić information content (AvgIpc) is 1.58. The summed E-state index contributed by atoms with van der Waals surface area (Å²) in [4.78, 5) is 165. The molecule has 14 unspecified atom stereocenters. The summed E-state index contributed by atoms with van der Waals surface area (Å²) < 4.78 is 5.31. The number of benzene rings is 2. The molecule has 18 heteroatoms. The van der Waals surface area contributed by atoms with E-state index in [0.717, 1.165) is 150 Å². The summed E-state index contributed by atoms with van der Waals surface area (Å²) in [5.74, 6) is 7.31. The van der Waals surface area contributed by atoms with Gasteiger partial charge in [0.1, 0.15) is 0 Å². The van der Waals surface area contributed by atoms with Crippen LogP contribution in [0, 0.1) is 82.9 Å². The first-order valence-corrected chi connectivity index (χ1v) is 54.3. The highest BCUT2D eigenvalue weighted by atomic mass is 16.2. The molecular formula is C112H166N6O12. The van der Waals surface area contributed by atoms with Crippen LogP contribution in [0.15, 0.2) is 86.9 Å². The van der Waals surface area contributed by atoms with Crippen molar-refractivity contribution in [2.24, 2.45) is 82.9 Å². The number of aromatic nitrogens is 4. The van der Waals surface area contributed by atoms with Crippen LogP contribution in [-0.2, 0) is 45.4 Å². The maximum absolute atomic E-state index is 14.4. The third kappa shape index (κ3) is 25.5. The second-order valence-electron chi connectivity index (χ2n) is 42.8. The molecule has 2 aromatic carbocycles. The van der Waals surface area contributed by atoms with Crippen LogP contribution in [0.1, 0.15) is 413 Å². The van der Waals surface area contributed by atoms with Gasteiger partial charge in [-0.2, -0.15) is 0 Å². The molecule has 5 saturated carbocycles. The first-order valence-electron chi connectivity index (χ1n) is 54.3. The van der Waals surface area contributed by atoms with Crippen molar-refractivity contribution >= 4 is 66.7 Å². The summed E-state index contributed by atoms with van der Waals surface area (Å²) in [6, 6.07) is 6.00. The second-order valence-corrected chi connectivity index (χ2v) is 42.8. The van der Waals surface area contributed by atoms with Crippen molar-refractivity contribution in [2.45, 2.75) is 439 Å². The van der Waals surface area contributed by atoms with Gasteiger partial charge in [0.05, 0.1) is 43.1 Å². The molecule has 0 spiro atoms. The molecule has 2 aliphatic heterocycles. The highest BCUT2D eigenvalue weighted by molar-refractivity contribution is 6.13. The van der Waals surface area contributed by atoms with E-state index in [1.54, 1.807) is 0 Å². The molecule has 5 aliphatic carbocycles. The smallest absolute Gasteiger partial charge is 0.261 e. The van der Waals surface area contributed by atoms with Gasteiger partial charge < -0.3 is 0 Å². The molecule has 18 nitrogen and oxygen atoms in total. The van der Waals surface area contributed by atoms with Crippen molar-refractivity contribution in [1.82, 2.24) is 28.1 Å². The van der Waals surface area contributed by atoms with E-state index >= 15 is 0 Å². The van der Waals surface area contributed by atoms with Crippen molar-refractivity contribution in [3.63, 3.8) is 0 Å². The Labute approximate surface area is 776 Å². The minimum atomic E-state index is -0.423. The van der Waals surface area contributed by atoms with Gasteiger partial charge in [0.15, 0.2) is 0 Å². The molecule has 13 rings (SSSR count). The fourth-order valence-electron chi connectivity index (χ4n) is 27.2. The molecule has 4 amide bonds. The van der Waals surface area contributed by atoms with E-state index in [1.807, 2.05) is 0 Å². The predicted molar refractivity (Wildman–Crippen MR) is 530 cm³/mol. The zero-order valence-electron chi connectivity index (χ0n) is 81.0.